The Kier molecular flexibility index (Phi) is 4.83. The lowest BCUT2D eigenvalue weighted by molar-refractivity contribution is -0.119. The molecule has 0 fully saturated rings. The smallest absolute Gasteiger partial charge is 0.341 e. The number of nitrogens with one attached hydrogen (secondary N) is 1. The average molecular weight is 305 g/mol. The number of ether oxygens (including phenoxy) is 1. The van der Waals surface area contributed by atoms with Crippen molar-refractivity contribution in [2.45, 2.75) is 6.92 Å². The van der Waals surface area contributed by atoms with Gasteiger partial charge in [-0.1, -0.05) is 12.1 Å². The standard InChI is InChI=1S/C16H13F2NO3/c1-10-3-2-4-12(7-10)19-15(20)9-22-16(21)13-8-11(17)5-6-14(13)18/h2-8H,9H2,1H3,(H,19,20). The highest BCUT2D eigenvalue weighted by molar-refractivity contribution is 5.95. The fourth-order valence-electron chi connectivity index (χ4n) is 1.78. The van der Waals surface area contributed by atoms with Crippen LogP contribution in [0.25, 0.3) is 0 Å². The number of carbonyl (C=O) groups excluding carboxylic acids is 2. The molecule has 0 aromatic heterocycles. The third kappa shape index (κ3) is 4.12. The SMILES string of the molecule is Cc1cccc(NC(=O)COC(=O)c2cc(F)ccc2F)c1. The maximum atomic E-state index is 13.4. The number of anilines is 1. The molecule has 6 heteroatoms. The molecule has 0 radical (unpaired) electrons. The van der Waals surface area contributed by atoms with E-state index in [4.69, 9.17) is 0 Å². The van der Waals surface area contributed by atoms with Crippen LogP contribution in [0.5, 0.6) is 0 Å². The van der Waals surface area contributed by atoms with Gasteiger partial charge < -0.3 is 10.1 Å². The number of halogens is 2. The van der Waals surface area contributed by atoms with E-state index < -0.39 is 35.7 Å². The maximum absolute atomic E-state index is 13.4. The van der Waals surface area contributed by atoms with Crippen LogP contribution in [0.4, 0.5) is 14.5 Å². The molecule has 0 heterocycles. The summed E-state index contributed by atoms with van der Waals surface area (Å²) in [6.07, 6.45) is 0. The van der Waals surface area contributed by atoms with E-state index >= 15 is 0 Å². The summed E-state index contributed by atoms with van der Waals surface area (Å²) in [5.74, 6) is -3.35. The Balaban J connectivity index is 1.93. The molecule has 22 heavy (non-hydrogen) atoms. The van der Waals surface area contributed by atoms with Crippen LogP contribution >= 0.6 is 0 Å². The highest BCUT2D eigenvalue weighted by atomic mass is 19.1. The summed E-state index contributed by atoms with van der Waals surface area (Å²) < 4.78 is 31.0. The first kappa shape index (κ1) is 15.6. The van der Waals surface area contributed by atoms with Crippen LogP contribution in [0.3, 0.4) is 0 Å². The molecule has 0 saturated carbocycles. The van der Waals surface area contributed by atoms with Gasteiger partial charge in [0.2, 0.25) is 0 Å². The van der Waals surface area contributed by atoms with Gasteiger partial charge in [0, 0.05) is 5.69 Å². The number of aryl methyl sites for hydroxylation is 1. The van der Waals surface area contributed by atoms with Crippen molar-refractivity contribution in [3.05, 3.63) is 65.2 Å². The van der Waals surface area contributed by atoms with E-state index in [2.05, 4.69) is 10.1 Å². The molecule has 114 valence electrons. The van der Waals surface area contributed by atoms with Gasteiger partial charge >= 0.3 is 5.97 Å². The summed E-state index contributed by atoms with van der Waals surface area (Å²) in [7, 11) is 0. The molecule has 2 aromatic rings. The van der Waals surface area contributed by atoms with E-state index in [1.807, 2.05) is 13.0 Å². The molecule has 0 atom stereocenters. The minimum Gasteiger partial charge on any atom is -0.452 e. The quantitative estimate of drug-likeness (QED) is 0.883. The monoisotopic (exact) mass is 305 g/mol. The minimum absolute atomic E-state index is 0.552. The van der Waals surface area contributed by atoms with Crippen molar-refractivity contribution < 1.29 is 23.1 Å². The molecule has 1 amide bonds. The van der Waals surface area contributed by atoms with Crippen molar-refractivity contribution in [1.29, 1.82) is 0 Å². The second-order valence-electron chi connectivity index (χ2n) is 4.62. The highest BCUT2D eigenvalue weighted by Crippen LogP contribution is 2.12. The van der Waals surface area contributed by atoms with Gasteiger partial charge in [0.25, 0.3) is 5.91 Å². The second kappa shape index (κ2) is 6.80. The largest absolute Gasteiger partial charge is 0.452 e. The Hall–Kier alpha value is -2.76. The molecular formula is C16H13F2NO3. The lowest BCUT2D eigenvalue weighted by Gasteiger charge is -2.07. The molecule has 0 saturated heterocycles. The zero-order valence-electron chi connectivity index (χ0n) is 11.7. The molecular weight excluding hydrogens is 292 g/mol. The lowest BCUT2D eigenvalue weighted by Crippen LogP contribution is -2.21. The Labute approximate surface area is 125 Å². The maximum Gasteiger partial charge on any atom is 0.341 e. The van der Waals surface area contributed by atoms with Crippen LogP contribution in [0, 0.1) is 18.6 Å². The number of benzene rings is 2. The van der Waals surface area contributed by atoms with Crippen LogP contribution in [-0.2, 0) is 9.53 Å². The van der Waals surface area contributed by atoms with Crippen molar-refractivity contribution in [3.63, 3.8) is 0 Å². The fourth-order valence-corrected chi connectivity index (χ4v) is 1.78. The number of rotatable bonds is 4. The molecule has 4 nitrogen and oxygen atoms in total. The molecule has 0 aliphatic heterocycles. The second-order valence-corrected chi connectivity index (χ2v) is 4.62. The van der Waals surface area contributed by atoms with Gasteiger partial charge in [-0.15, -0.1) is 0 Å². The Morgan fingerprint density at radius 1 is 1.14 bits per heavy atom. The van der Waals surface area contributed by atoms with Gasteiger partial charge in [0.05, 0.1) is 5.56 Å². The van der Waals surface area contributed by atoms with Gasteiger partial charge in [0.15, 0.2) is 6.61 Å². The van der Waals surface area contributed by atoms with E-state index in [-0.39, 0.29) is 0 Å². The number of amides is 1. The molecule has 0 aliphatic rings. The lowest BCUT2D eigenvalue weighted by atomic mass is 10.2. The molecule has 0 bridgehead atoms. The summed E-state index contributed by atoms with van der Waals surface area (Å²) in [5, 5.41) is 2.53. The van der Waals surface area contributed by atoms with Crippen molar-refractivity contribution >= 4 is 17.6 Å². The van der Waals surface area contributed by atoms with E-state index in [0.29, 0.717) is 5.69 Å². The van der Waals surface area contributed by atoms with E-state index in [0.717, 1.165) is 23.8 Å². The predicted octanol–water partition coefficient (Wildman–Crippen LogP) is 3.07. The zero-order chi connectivity index (χ0) is 16.1. The van der Waals surface area contributed by atoms with Crippen LogP contribution in [0.1, 0.15) is 15.9 Å². The van der Waals surface area contributed by atoms with E-state index in [1.165, 1.54) is 0 Å². The Morgan fingerprint density at radius 2 is 1.91 bits per heavy atom. The molecule has 2 aromatic carbocycles. The van der Waals surface area contributed by atoms with Gasteiger partial charge in [-0.05, 0) is 42.8 Å². The number of hydrogen-bond acceptors (Lipinski definition) is 3. The van der Waals surface area contributed by atoms with Crippen LogP contribution in [-0.4, -0.2) is 18.5 Å². The van der Waals surface area contributed by atoms with Crippen LogP contribution in [0.15, 0.2) is 42.5 Å². The number of carbonyl (C=O) groups is 2. The summed E-state index contributed by atoms with van der Waals surface area (Å²) in [6.45, 7) is 1.27. The Morgan fingerprint density at radius 3 is 2.64 bits per heavy atom. The van der Waals surface area contributed by atoms with E-state index in [1.54, 1.807) is 18.2 Å². The van der Waals surface area contributed by atoms with Gasteiger partial charge in [-0.25, -0.2) is 13.6 Å². The zero-order valence-corrected chi connectivity index (χ0v) is 11.7. The molecule has 0 spiro atoms. The van der Waals surface area contributed by atoms with Crippen LogP contribution in [0.2, 0.25) is 0 Å². The van der Waals surface area contributed by atoms with E-state index in [9.17, 15) is 18.4 Å². The van der Waals surface area contributed by atoms with Crippen molar-refractivity contribution in [1.82, 2.24) is 0 Å². The van der Waals surface area contributed by atoms with Crippen molar-refractivity contribution in [3.8, 4) is 0 Å². The predicted molar refractivity (Wildman–Crippen MR) is 76.4 cm³/mol. The third-order valence-corrected chi connectivity index (χ3v) is 2.78. The summed E-state index contributed by atoms with van der Waals surface area (Å²) in [6, 6.07) is 9.47. The average Bonchev–Trinajstić information content (AvgIpc) is 2.47. The highest BCUT2D eigenvalue weighted by Gasteiger charge is 2.15. The summed E-state index contributed by atoms with van der Waals surface area (Å²) in [4.78, 5) is 23.3. The molecule has 1 N–H and O–H groups in total. The number of esters is 1. The van der Waals surface area contributed by atoms with Gasteiger partial charge in [-0.2, -0.15) is 0 Å². The molecule has 0 unspecified atom stereocenters. The van der Waals surface area contributed by atoms with Gasteiger partial charge in [0.1, 0.15) is 11.6 Å². The fraction of sp³-hybridized carbons (Fsp3) is 0.125. The number of hydrogen-bond donors (Lipinski definition) is 1. The van der Waals surface area contributed by atoms with Crippen LogP contribution < -0.4 is 5.32 Å². The van der Waals surface area contributed by atoms with Gasteiger partial charge in [-0.3, -0.25) is 4.79 Å². The molecule has 2 rings (SSSR count). The minimum atomic E-state index is -1.10. The van der Waals surface area contributed by atoms with Crippen molar-refractivity contribution in [2.24, 2.45) is 0 Å². The third-order valence-electron chi connectivity index (χ3n) is 2.78. The topological polar surface area (TPSA) is 55.4 Å². The Bertz CT molecular complexity index is 716. The first-order valence-electron chi connectivity index (χ1n) is 6.44. The molecule has 0 aliphatic carbocycles. The van der Waals surface area contributed by atoms with Crippen molar-refractivity contribution in [2.75, 3.05) is 11.9 Å². The first-order valence-corrected chi connectivity index (χ1v) is 6.44. The summed E-state index contributed by atoms with van der Waals surface area (Å²) >= 11 is 0. The first-order chi connectivity index (χ1) is 10.5. The summed E-state index contributed by atoms with van der Waals surface area (Å²) in [5.41, 5.74) is 0.956. The normalized spacial score (nSPS) is 10.1.